The lowest BCUT2D eigenvalue weighted by Crippen LogP contribution is -2.43. The van der Waals surface area contributed by atoms with Crippen molar-refractivity contribution in [2.45, 2.75) is 57.0 Å². The van der Waals surface area contributed by atoms with E-state index in [9.17, 15) is 23.2 Å². The van der Waals surface area contributed by atoms with Gasteiger partial charge in [-0.2, -0.15) is 5.10 Å². The molecule has 5 atom stereocenters. The highest BCUT2D eigenvalue weighted by Crippen LogP contribution is 2.32. The van der Waals surface area contributed by atoms with E-state index in [0.717, 1.165) is 16.9 Å². The number of nitrogens with one attached hydrogen (secondary N) is 1. The molecule has 2 aromatic heterocycles. The van der Waals surface area contributed by atoms with Crippen molar-refractivity contribution in [2.24, 2.45) is 11.7 Å². The van der Waals surface area contributed by atoms with Crippen LogP contribution in [-0.2, 0) is 46.2 Å². The van der Waals surface area contributed by atoms with Crippen molar-refractivity contribution in [3.05, 3.63) is 132 Å². The van der Waals surface area contributed by atoms with Gasteiger partial charge in [0.25, 0.3) is 0 Å². The number of hydrogen-bond donors (Lipinski definition) is 2. The van der Waals surface area contributed by atoms with Crippen LogP contribution in [0.4, 0.5) is 14.6 Å². The Bertz CT molecular complexity index is 2000. The van der Waals surface area contributed by atoms with E-state index in [1.54, 1.807) is 22.7 Å². The molecule has 2 aromatic carbocycles. The SMILES string of the molecule is C=C(N)C1O[C@H](COC(=O)Cc2cccc(F)c2)C(OC(=O)Cc2cccc(C)c2)C1OC(=O)CC1C=CC=C(F)C1.CNc1ncnn2cccc12. The highest BCUT2D eigenvalue weighted by atomic mass is 19.1. The molecule has 0 radical (unpaired) electrons. The maximum absolute atomic E-state index is 13.7. The molecule has 12 nitrogen and oxygen atoms in total. The molecule has 1 aliphatic carbocycles. The van der Waals surface area contributed by atoms with Crippen molar-refractivity contribution in [3.63, 3.8) is 0 Å². The summed E-state index contributed by atoms with van der Waals surface area (Å²) in [7, 11) is 1.84. The molecule has 53 heavy (non-hydrogen) atoms. The van der Waals surface area contributed by atoms with Gasteiger partial charge in [0.15, 0.2) is 18.0 Å². The van der Waals surface area contributed by atoms with Crippen molar-refractivity contribution in [1.29, 1.82) is 0 Å². The average Bonchev–Trinajstić information content (AvgIpc) is 3.72. The van der Waals surface area contributed by atoms with Gasteiger partial charge in [-0.05, 0) is 54.3 Å². The zero-order chi connectivity index (χ0) is 37.9. The molecule has 0 amide bonds. The summed E-state index contributed by atoms with van der Waals surface area (Å²) in [6, 6.07) is 16.8. The molecule has 0 saturated carbocycles. The first kappa shape index (κ1) is 38.3. The lowest BCUT2D eigenvalue weighted by Gasteiger charge is -2.25. The van der Waals surface area contributed by atoms with Gasteiger partial charge in [-0.3, -0.25) is 14.4 Å². The third kappa shape index (κ3) is 10.8. The molecule has 4 aromatic rings. The van der Waals surface area contributed by atoms with E-state index in [0.29, 0.717) is 11.1 Å². The van der Waals surface area contributed by atoms with Crippen LogP contribution in [0.5, 0.6) is 0 Å². The standard InChI is InChI=1S/C32H33F2NO7.C7H8N4/c1-19-6-3-7-21(12-19)16-28(37)41-31-26(18-39-27(36)15-22-8-4-10-24(33)13-22)40-30(20(2)35)32(31)42-29(38)17-23-9-5-11-25(34)14-23;1-8-7-6-3-2-4-11(6)10-5-9-7/h3-13,23,26,30-32H,2,14-18,35H2,1H3;2-5H,1H3,(H,8,9,10)/t23?,26-,30?,31?,32?;/m1./s1. The zero-order valence-corrected chi connectivity index (χ0v) is 29.3. The molecule has 1 saturated heterocycles. The van der Waals surface area contributed by atoms with Gasteiger partial charge in [-0.25, -0.2) is 18.3 Å². The number of hydrogen-bond acceptors (Lipinski definition) is 11. The Morgan fingerprint density at radius 3 is 2.45 bits per heavy atom. The highest BCUT2D eigenvalue weighted by molar-refractivity contribution is 5.74. The number of aryl methyl sites for hydroxylation is 1. The number of fused-ring (bicyclic) bond motifs is 1. The van der Waals surface area contributed by atoms with Crippen molar-refractivity contribution in [1.82, 2.24) is 14.6 Å². The predicted molar refractivity (Wildman–Crippen MR) is 191 cm³/mol. The van der Waals surface area contributed by atoms with Crippen LogP contribution < -0.4 is 11.1 Å². The first-order valence-electron chi connectivity index (χ1n) is 16.9. The zero-order valence-electron chi connectivity index (χ0n) is 29.3. The molecule has 1 fully saturated rings. The predicted octanol–water partition coefficient (Wildman–Crippen LogP) is 5.12. The first-order chi connectivity index (χ1) is 25.5. The van der Waals surface area contributed by atoms with E-state index < -0.39 is 54.1 Å². The van der Waals surface area contributed by atoms with E-state index in [-0.39, 0.29) is 43.8 Å². The second kappa shape index (κ2) is 18.0. The average molecular weight is 730 g/mol. The van der Waals surface area contributed by atoms with Crippen LogP contribution in [-0.4, -0.2) is 70.6 Å². The summed E-state index contributed by atoms with van der Waals surface area (Å²) in [6.07, 6.45) is 3.10. The molecule has 3 heterocycles. The molecule has 0 spiro atoms. The van der Waals surface area contributed by atoms with Gasteiger partial charge in [0.2, 0.25) is 0 Å². The van der Waals surface area contributed by atoms with E-state index in [1.807, 2.05) is 50.5 Å². The van der Waals surface area contributed by atoms with E-state index in [1.165, 1.54) is 36.7 Å². The number of rotatable bonds is 12. The second-order valence-corrected chi connectivity index (χ2v) is 12.6. The Balaban J connectivity index is 0.000000416. The van der Waals surface area contributed by atoms with E-state index >= 15 is 0 Å². The minimum Gasteiger partial charge on any atom is -0.463 e. The molecule has 3 N–H and O–H groups in total. The lowest BCUT2D eigenvalue weighted by molar-refractivity contribution is -0.168. The molecule has 2 aliphatic rings. The summed E-state index contributed by atoms with van der Waals surface area (Å²) >= 11 is 0. The fourth-order valence-electron chi connectivity index (χ4n) is 5.97. The summed E-state index contributed by atoms with van der Waals surface area (Å²) in [6.45, 7) is 5.24. The van der Waals surface area contributed by atoms with Crippen LogP contribution >= 0.6 is 0 Å². The monoisotopic (exact) mass is 729 g/mol. The Morgan fingerprint density at radius 1 is 1.00 bits per heavy atom. The van der Waals surface area contributed by atoms with Crippen LogP contribution in [0.1, 0.15) is 29.5 Å². The topological polar surface area (TPSA) is 156 Å². The van der Waals surface area contributed by atoms with Gasteiger partial charge in [0.1, 0.15) is 42.3 Å². The Kier molecular flexibility index (Phi) is 13.1. The van der Waals surface area contributed by atoms with Crippen molar-refractivity contribution in [2.75, 3.05) is 19.0 Å². The molecular weight excluding hydrogens is 688 g/mol. The minimum atomic E-state index is -1.20. The van der Waals surface area contributed by atoms with E-state index in [2.05, 4.69) is 22.0 Å². The number of esters is 3. The Labute approximate surface area is 305 Å². The van der Waals surface area contributed by atoms with Gasteiger partial charge in [0.05, 0.1) is 19.3 Å². The quantitative estimate of drug-likeness (QED) is 0.148. The molecule has 0 bridgehead atoms. The normalized spacial score (nSPS) is 20.5. The summed E-state index contributed by atoms with van der Waals surface area (Å²) in [5, 5.41) is 7.00. The Hall–Kier alpha value is -5.89. The van der Waals surface area contributed by atoms with Crippen LogP contribution in [0.3, 0.4) is 0 Å². The number of nitrogens with two attached hydrogens (primary N) is 1. The van der Waals surface area contributed by atoms with Crippen LogP contribution in [0, 0.1) is 18.7 Å². The lowest BCUT2D eigenvalue weighted by atomic mass is 9.96. The summed E-state index contributed by atoms with van der Waals surface area (Å²) < 4.78 is 51.8. The largest absolute Gasteiger partial charge is 0.463 e. The summed E-state index contributed by atoms with van der Waals surface area (Å²) in [5.41, 5.74) is 9.06. The number of carbonyl (C=O) groups is 3. The molecule has 278 valence electrons. The van der Waals surface area contributed by atoms with Gasteiger partial charge >= 0.3 is 17.9 Å². The third-order valence-corrected chi connectivity index (χ3v) is 8.40. The summed E-state index contributed by atoms with van der Waals surface area (Å²) in [4.78, 5) is 42.5. The van der Waals surface area contributed by atoms with Crippen molar-refractivity contribution >= 4 is 29.2 Å². The van der Waals surface area contributed by atoms with E-state index in [4.69, 9.17) is 24.7 Å². The van der Waals surface area contributed by atoms with Crippen molar-refractivity contribution < 1.29 is 42.1 Å². The van der Waals surface area contributed by atoms with Crippen LogP contribution in [0.2, 0.25) is 0 Å². The minimum absolute atomic E-state index is 0.00709. The molecule has 1 aliphatic heterocycles. The Morgan fingerprint density at radius 2 is 1.74 bits per heavy atom. The van der Waals surface area contributed by atoms with Gasteiger partial charge in [-0.15, -0.1) is 0 Å². The number of ether oxygens (including phenoxy) is 4. The first-order valence-corrected chi connectivity index (χ1v) is 16.9. The number of aromatic nitrogens is 3. The second-order valence-electron chi connectivity index (χ2n) is 12.6. The molecule has 14 heteroatoms. The number of nitrogens with zero attached hydrogens (tertiary/aromatic N) is 3. The maximum atomic E-state index is 13.7. The van der Waals surface area contributed by atoms with Gasteiger partial charge < -0.3 is 30.0 Å². The molecular formula is C39H41F2N5O7. The maximum Gasteiger partial charge on any atom is 0.310 e. The smallest absolute Gasteiger partial charge is 0.310 e. The number of allylic oxidation sites excluding steroid dienone is 4. The van der Waals surface area contributed by atoms with Crippen molar-refractivity contribution in [3.8, 4) is 0 Å². The molecule has 4 unspecified atom stereocenters. The van der Waals surface area contributed by atoms with Crippen LogP contribution in [0.15, 0.2) is 110 Å². The summed E-state index contributed by atoms with van der Waals surface area (Å²) in [5.74, 6) is -2.38. The highest BCUT2D eigenvalue weighted by Gasteiger charge is 2.51. The number of carbonyl (C=O) groups excluding carboxylic acids is 3. The van der Waals surface area contributed by atoms with Crippen LogP contribution in [0.25, 0.3) is 5.52 Å². The van der Waals surface area contributed by atoms with Gasteiger partial charge in [0, 0.05) is 25.4 Å². The number of halogens is 2. The number of anilines is 1. The molecule has 6 rings (SSSR count). The number of benzene rings is 2. The van der Waals surface area contributed by atoms with Gasteiger partial charge in [-0.1, -0.05) is 60.7 Å². The third-order valence-electron chi connectivity index (χ3n) is 8.40. The fraction of sp³-hybridized carbons (Fsp3) is 0.308. The fourth-order valence-corrected chi connectivity index (χ4v) is 5.97.